The number of anilines is 2. The Bertz CT molecular complexity index is 1150. The summed E-state index contributed by atoms with van der Waals surface area (Å²) in [5.41, 5.74) is 9.26. The van der Waals surface area contributed by atoms with E-state index in [0.29, 0.717) is 17.9 Å². The molecule has 1 amide bonds. The maximum Gasteiger partial charge on any atom is 0.224 e. The molecule has 0 spiro atoms. The lowest BCUT2D eigenvalue weighted by molar-refractivity contribution is -0.116. The highest BCUT2D eigenvalue weighted by molar-refractivity contribution is 6.06. The van der Waals surface area contributed by atoms with Crippen molar-refractivity contribution in [2.75, 3.05) is 11.1 Å². The quantitative estimate of drug-likeness (QED) is 0.454. The van der Waals surface area contributed by atoms with Gasteiger partial charge in [0, 0.05) is 24.0 Å². The second-order valence-electron chi connectivity index (χ2n) is 7.02. The third kappa shape index (κ3) is 4.18. The molecule has 0 fully saturated rings. The molecular formula is C22H22FN5O. The summed E-state index contributed by atoms with van der Waals surface area (Å²) in [7, 11) is 0. The Balaban J connectivity index is 1.32. The van der Waals surface area contributed by atoms with Crippen molar-refractivity contribution in [2.45, 2.75) is 32.2 Å². The van der Waals surface area contributed by atoms with Crippen molar-refractivity contribution in [3.63, 3.8) is 0 Å². The van der Waals surface area contributed by atoms with Gasteiger partial charge in [-0.1, -0.05) is 24.6 Å². The van der Waals surface area contributed by atoms with Crippen molar-refractivity contribution in [3.8, 4) is 0 Å². The fraction of sp³-hybridized carbons (Fsp3) is 0.227. The van der Waals surface area contributed by atoms with Crippen LogP contribution in [0.5, 0.6) is 0 Å². The standard InChI is InChI=1S/C22H22FN5O/c23-15-9-11-16(12-10-15)26-19(29)8-2-1-5-13-28-14-25-20-21(28)17-6-3-4-7-18(17)27-22(20)24/h3-4,6-7,9-12,14H,1-2,5,8,13H2,(H2,24,27)(H,26,29). The van der Waals surface area contributed by atoms with E-state index in [-0.39, 0.29) is 11.7 Å². The maximum atomic E-state index is 12.9. The second-order valence-corrected chi connectivity index (χ2v) is 7.02. The Morgan fingerprint density at radius 1 is 1.07 bits per heavy atom. The van der Waals surface area contributed by atoms with Crippen LogP contribution in [-0.2, 0) is 11.3 Å². The smallest absolute Gasteiger partial charge is 0.224 e. The van der Waals surface area contributed by atoms with Crippen LogP contribution in [0.2, 0.25) is 0 Å². The number of nitrogens with two attached hydrogens (primary N) is 1. The average Bonchev–Trinajstić information content (AvgIpc) is 3.15. The summed E-state index contributed by atoms with van der Waals surface area (Å²) in [6.45, 7) is 0.795. The third-order valence-corrected chi connectivity index (χ3v) is 4.91. The minimum absolute atomic E-state index is 0.0606. The zero-order valence-electron chi connectivity index (χ0n) is 15.9. The van der Waals surface area contributed by atoms with Crippen molar-refractivity contribution >= 4 is 39.3 Å². The molecule has 0 aliphatic carbocycles. The molecule has 2 aromatic heterocycles. The number of halogens is 1. The first kappa shape index (κ1) is 18.9. The molecule has 4 rings (SSSR count). The van der Waals surface area contributed by atoms with Crippen LogP contribution in [0, 0.1) is 5.82 Å². The number of imidazole rings is 1. The summed E-state index contributed by atoms with van der Waals surface area (Å²) in [4.78, 5) is 20.9. The van der Waals surface area contributed by atoms with E-state index in [4.69, 9.17) is 5.73 Å². The van der Waals surface area contributed by atoms with Gasteiger partial charge in [-0.3, -0.25) is 4.79 Å². The Morgan fingerprint density at radius 3 is 2.69 bits per heavy atom. The number of aromatic nitrogens is 3. The molecule has 0 radical (unpaired) electrons. The predicted octanol–water partition coefficient (Wildman–Crippen LogP) is 4.50. The maximum absolute atomic E-state index is 12.9. The molecule has 0 saturated carbocycles. The lowest BCUT2D eigenvalue weighted by atomic mass is 10.1. The number of aryl methyl sites for hydroxylation is 1. The number of para-hydroxylation sites is 1. The van der Waals surface area contributed by atoms with E-state index in [1.807, 2.05) is 24.3 Å². The van der Waals surface area contributed by atoms with Crippen LogP contribution in [0.25, 0.3) is 21.9 Å². The van der Waals surface area contributed by atoms with E-state index >= 15 is 0 Å². The molecule has 2 aromatic carbocycles. The first-order valence-corrected chi connectivity index (χ1v) is 9.66. The SMILES string of the molecule is Nc1nc2ccccc2c2c1ncn2CCCCCC(=O)Nc1ccc(F)cc1. The summed E-state index contributed by atoms with van der Waals surface area (Å²) in [5, 5.41) is 3.82. The van der Waals surface area contributed by atoms with Crippen LogP contribution in [0.15, 0.2) is 54.9 Å². The average molecular weight is 391 g/mol. The van der Waals surface area contributed by atoms with Gasteiger partial charge in [-0.25, -0.2) is 14.4 Å². The summed E-state index contributed by atoms with van der Waals surface area (Å²) in [6, 6.07) is 13.7. The number of hydrogen-bond donors (Lipinski definition) is 2. The van der Waals surface area contributed by atoms with Crippen LogP contribution >= 0.6 is 0 Å². The number of nitrogens with zero attached hydrogens (tertiary/aromatic N) is 3. The van der Waals surface area contributed by atoms with Crippen LogP contribution in [0.4, 0.5) is 15.9 Å². The molecule has 4 aromatic rings. The van der Waals surface area contributed by atoms with E-state index < -0.39 is 0 Å². The van der Waals surface area contributed by atoms with Gasteiger partial charge in [-0.15, -0.1) is 0 Å². The van der Waals surface area contributed by atoms with Gasteiger partial charge in [0.15, 0.2) is 5.82 Å². The lowest BCUT2D eigenvalue weighted by Crippen LogP contribution is -2.11. The van der Waals surface area contributed by atoms with Crippen molar-refractivity contribution < 1.29 is 9.18 Å². The summed E-state index contributed by atoms with van der Waals surface area (Å²) < 4.78 is 15.0. The molecular weight excluding hydrogens is 369 g/mol. The van der Waals surface area contributed by atoms with E-state index in [1.165, 1.54) is 12.1 Å². The van der Waals surface area contributed by atoms with Crippen molar-refractivity contribution in [2.24, 2.45) is 0 Å². The molecule has 2 heterocycles. The normalized spacial score (nSPS) is 11.2. The highest BCUT2D eigenvalue weighted by Gasteiger charge is 2.11. The number of hydrogen-bond acceptors (Lipinski definition) is 4. The Kier molecular flexibility index (Phi) is 5.37. The van der Waals surface area contributed by atoms with Gasteiger partial charge in [-0.05, 0) is 43.2 Å². The number of unbranched alkanes of at least 4 members (excludes halogenated alkanes) is 2. The fourth-order valence-corrected chi connectivity index (χ4v) is 3.48. The second kappa shape index (κ2) is 8.26. The number of carbonyl (C=O) groups is 1. The molecule has 0 bridgehead atoms. The Hall–Kier alpha value is -3.48. The Morgan fingerprint density at radius 2 is 1.86 bits per heavy atom. The molecule has 0 aliphatic heterocycles. The van der Waals surface area contributed by atoms with Crippen LogP contribution in [0.3, 0.4) is 0 Å². The first-order chi connectivity index (χ1) is 14.1. The number of fused-ring (bicyclic) bond motifs is 3. The van der Waals surface area contributed by atoms with E-state index in [0.717, 1.165) is 47.7 Å². The number of nitrogen functional groups attached to an aromatic ring is 1. The molecule has 0 aliphatic rings. The summed E-state index contributed by atoms with van der Waals surface area (Å²) in [5.74, 6) is 0.0600. The van der Waals surface area contributed by atoms with E-state index in [1.54, 1.807) is 18.5 Å². The molecule has 0 atom stereocenters. The van der Waals surface area contributed by atoms with Gasteiger partial charge in [-0.2, -0.15) is 0 Å². The van der Waals surface area contributed by atoms with Crippen molar-refractivity contribution in [1.29, 1.82) is 0 Å². The predicted molar refractivity (Wildman–Crippen MR) is 113 cm³/mol. The highest BCUT2D eigenvalue weighted by atomic mass is 19.1. The number of pyridine rings is 1. The fourth-order valence-electron chi connectivity index (χ4n) is 3.48. The highest BCUT2D eigenvalue weighted by Crippen LogP contribution is 2.27. The topological polar surface area (TPSA) is 85.8 Å². The molecule has 6 nitrogen and oxygen atoms in total. The van der Waals surface area contributed by atoms with Gasteiger partial charge in [0.25, 0.3) is 0 Å². The summed E-state index contributed by atoms with van der Waals surface area (Å²) >= 11 is 0. The third-order valence-electron chi connectivity index (χ3n) is 4.91. The number of rotatable bonds is 7. The number of carbonyl (C=O) groups excluding carboxylic acids is 1. The van der Waals surface area contributed by atoms with Gasteiger partial charge in [0.05, 0.1) is 17.4 Å². The van der Waals surface area contributed by atoms with Crippen LogP contribution in [-0.4, -0.2) is 20.4 Å². The number of nitrogens with one attached hydrogen (secondary N) is 1. The largest absolute Gasteiger partial charge is 0.382 e. The zero-order valence-corrected chi connectivity index (χ0v) is 15.9. The zero-order chi connectivity index (χ0) is 20.2. The molecule has 0 saturated heterocycles. The minimum atomic E-state index is -0.319. The van der Waals surface area contributed by atoms with Gasteiger partial charge < -0.3 is 15.6 Å². The van der Waals surface area contributed by atoms with Gasteiger partial charge >= 0.3 is 0 Å². The Labute approximate surface area is 167 Å². The number of amides is 1. The van der Waals surface area contributed by atoms with Crippen molar-refractivity contribution in [3.05, 3.63) is 60.7 Å². The molecule has 3 N–H and O–H groups in total. The van der Waals surface area contributed by atoms with Gasteiger partial charge in [0.2, 0.25) is 5.91 Å². The monoisotopic (exact) mass is 391 g/mol. The van der Waals surface area contributed by atoms with Crippen LogP contribution < -0.4 is 11.1 Å². The molecule has 29 heavy (non-hydrogen) atoms. The van der Waals surface area contributed by atoms with E-state index in [2.05, 4.69) is 19.9 Å². The van der Waals surface area contributed by atoms with E-state index in [9.17, 15) is 9.18 Å². The molecule has 0 unspecified atom stereocenters. The van der Waals surface area contributed by atoms with Gasteiger partial charge in [0.1, 0.15) is 11.3 Å². The van der Waals surface area contributed by atoms with Crippen molar-refractivity contribution in [1.82, 2.24) is 14.5 Å². The molecule has 7 heteroatoms. The first-order valence-electron chi connectivity index (χ1n) is 9.66. The van der Waals surface area contributed by atoms with Crippen LogP contribution in [0.1, 0.15) is 25.7 Å². The molecule has 148 valence electrons. The lowest BCUT2D eigenvalue weighted by Gasteiger charge is -2.08. The number of benzene rings is 2. The summed E-state index contributed by atoms with van der Waals surface area (Å²) in [6.07, 6.45) is 4.85. The minimum Gasteiger partial charge on any atom is -0.382 e.